The second-order valence-electron chi connectivity index (χ2n) is 9.43. The first-order valence-corrected chi connectivity index (χ1v) is 17.5. The van der Waals surface area contributed by atoms with Gasteiger partial charge in [0.15, 0.2) is 6.54 Å². The van der Waals surface area contributed by atoms with Gasteiger partial charge in [-0.15, -0.1) is 0 Å². The zero-order chi connectivity index (χ0) is 30.1. The number of rotatable bonds is 12. The number of nitrogens with zero attached hydrogens (tertiary/aromatic N) is 3. The van der Waals surface area contributed by atoms with Crippen LogP contribution in [0.15, 0.2) is 46.3 Å². The summed E-state index contributed by atoms with van der Waals surface area (Å²) in [5, 5.41) is 13.4. The van der Waals surface area contributed by atoms with Crippen LogP contribution in [0.3, 0.4) is 0 Å². The lowest BCUT2D eigenvalue weighted by atomic mass is 10.2. The predicted octanol–water partition coefficient (Wildman–Crippen LogP) is 2.20. The lowest BCUT2D eigenvalue weighted by Crippen LogP contribution is -2.44. The van der Waals surface area contributed by atoms with Crippen LogP contribution in [0.5, 0.6) is 0 Å². The number of fused-ring (bicyclic) bond motifs is 2. The number of thioether (sulfide) groups is 1. The largest absolute Gasteiger partial charge is 0.748 e. The van der Waals surface area contributed by atoms with Gasteiger partial charge in [0.25, 0.3) is 5.01 Å². The van der Waals surface area contributed by atoms with Gasteiger partial charge in [0.2, 0.25) is 5.52 Å². The van der Waals surface area contributed by atoms with E-state index in [0.29, 0.717) is 16.2 Å². The van der Waals surface area contributed by atoms with Gasteiger partial charge in [0, 0.05) is 53.2 Å². The number of anilines is 2. The van der Waals surface area contributed by atoms with E-state index >= 15 is 0 Å². The molecule has 0 bridgehead atoms. The second kappa shape index (κ2) is 12.5. The van der Waals surface area contributed by atoms with Crippen LogP contribution < -0.4 is 19.5 Å². The number of benzene rings is 2. The highest BCUT2D eigenvalue weighted by Crippen LogP contribution is 2.48. The van der Waals surface area contributed by atoms with E-state index in [2.05, 4.69) is 0 Å². The number of aryl methyl sites for hydroxylation is 1. The Bertz CT molecular complexity index is 1720. The Morgan fingerprint density at radius 1 is 1.10 bits per heavy atom. The molecule has 0 radical (unpaired) electrons. The molecule has 11 nitrogen and oxygen atoms in total. The predicted molar refractivity (Wildman–Crippen MR) is 156 cm³/mol. The van der Waals surface area contributed by atoms with Crippen molar-refractivity contribution in [2.75, 3.05) is 34.9 Å². The van der Waals surface area contributed by atoms with E-state index in [1.54, 1.807) is 36.2 Å². The van der Waals surface area contributed by atoms with Crippen molar-refractivity contribution in [2.45, 2.75) is 37.2 Å². The van der Waals surface area contributed by atoms with E-state index in [0.717, 1.165) is 25.3 Å². The summed E-state index contributed by atoms with van der Waals surface area (Å²) in [6.45, 7) is 1.94. The zero-order valence-electron chi connectivity index (χ0n) is 22.0. The molecule has 3 aromatic rings. The van der Waals surface area contributed by atoms with Crippen LogP contribution in [0.2, 0.25) is 5.02 Å². The molecule has 41 heavy (non-hydrogen) atoms. The van der Waals surface area contributed by atoms with Crippen molar-refractivity contribution in [1.82, 2.24) is 0 Å². The van der Waals surface area contributed by atoms with Crippen LogP contribution in [0.1, 0.15) is 24.8 Å². The van der Waals surface area contributed by atoms with Crippen LogP contribution in [0.25, 0.3) is 16.3 Å². The number of hydrogen-bond donors (Lipinski definition) is 0. The molecular formula is C25H26ClN3O8S4-2. The average molecular weight is 660 g/mol. The number of carboxylic acid groups (broad SMARTS) is 1. The van der Waals surface area contributed by atoms with Gasteiger partial charge < -0.3 is 28.8 Å². The SMILES string of the molecule is CC(C(=O)[O-])N(C)c1ccc2sc(/C=C3\Sc4ccc(Cl)cc4N3CCCS(=O)(=O)[O-])[n+](CCCS(=O)(=O)[O-])c2c1. The lowest BCUT2D eigenvalue weighted by Gasteiger charge is -2.27. The summed E-state index contributed by atoms with van der Waals surface area (Å²) in [6.07, 6.45) is 2.03. The number of aliphatic carboxylic acids is 1. The summed E-state index contributed by atoms with van der Waals surface area (Å²) < 4.78 is 70.3. The molecule has 0 amide bonds. The Balaban J connectivity index is 1.78. The maximum atomic E-state index is 11.4. The van der Waals surface area contributed by atoms with Crippen molar-refractivity contribution in [3.63, 3.8) is 0 Å². The van der Waals surface area contributed by atoms with Gasteiger partial charge in [-0.3, -0.25) is 0 Å². The summed E-state index contributed by atoms with van der Waals surface area (Å²) in [7, 11) is -7.20. The number of likely N-dealkylation sites (N-methyl/N-ethyl adjacent to an activating group) is 1. The Hall–Kier alpha value is -2.40. The third-order valence-electron chi connectivity index (χ3n) is 6.53. The first kappa shape index (κ1) is 31.5. The minimum absolute atomic E-state index is 0.0576. The molecule has 16 heteroatoms. The Morgan fingerprint density at radius 3 is 2.44 bits per heavy atom. The summed E-state index contributed by atoms with van der Waals surface area (Å²) in [6, 6.07) is 9.85. The first-order valence-electron chi connectivity index (χ1n) is 12.4. The second-order valence-corrected chi connectivity index (χ2v) is 15.0. The molecule has 0 aliphatic carbocycles. The highest BCUT2D eigenvalue weighted by Gasteiger charge is 2.29. The van der Waals surface area contributed by atoms with E-state index in [1.807, 2.05) is 27.7 Å². The van der Waals surface area contributed by atoms with Crippen molar-refractivity contribution in [3.05, 3.63) is 51.5 Å². The fourth-order valence-corrected chi connectivity index (χ4v) is 7.76. The van der Waals surface area contributed by atoms with Gasteiger partial charge in [-0.05, 0) is 43.7 Å². The summed E-state index contributed by atoms with van der Waals surface area (Å²) in [5.74, 6) is -2.31. The minimum atomic E-state index is -4.43. The smallest absolute Gasteiger partial charge is 0.265 e. The molecule has 4 rings (SSSR count). The highest BCUT2D eigenvalue weighted by atomic mass is 35.5. The van der Waals surface area contributed by atoms with Gasteiger partial charge >= 0.3 is 0 Å². The number of hydrogen-bond acceptors (Lipinski definition) is 12. The first-order chi connectivity index (χ1) is 19.1. The number of halogens is 1. The number of aromatic nitrogens is 1. The maximum absolute atomic E-state index is 11.4. The molecule has 1 aliphatic heterocycles. The molecule has 0 N–H and O–H groups in total. The normalized spacial score (nSPS) is 15.4. The fourth-order valence-electron chi connectivity index (χ4n) is 4.35. The highest BCUT2D eigenvalue weighted by molar-refractivity contribution is 8.04. The Morgan fingerprint density at radius 2 is 1.78 bits per heavy atom. The van der Waals surface area contributed by atoms with E-state index in [-0.39, 0.29) is 25.9 Å². The maximum Gasteiger partial charge on any atom is 0.265 e. The fraction of sp³-hybridized carbons (Fsp3) is 0.360. The molecule has 2 aromatic carbocycles. The van der Waals surface area contributed by atoms with Gasteiger partial charge in [-0.2, -0.15) is 4.57 Å². The molecule has 2 heterocycles. The lowest BCUT2D eigenvalue weighted by molar-refractivity contribution is -0.668. The monoisotopic (exact) mass is 659 g/mol. The molecule has 1 aromatic heterocycles. The van der Waals surface area contributed by atoms with E-state index in [4.69, 9.17) is 11.6 Å². The van der Waals surface area contributed by atoms with Crippen molar-refractivity contribution in [2.24, 2.45) is 0 Å². The molecule has 222 valence electrons. The van der Waals surface area contributed by atoms with Crippen molar-refractivity contribution in [1.29, 1.82) is 0 Å². The van der Waals surface area contributed by atoms with Gasteiger partial charge in [0.05, 0.1) is 49.0 Å². The molecule has 1 unspecified atom stereocenters. The minimum Gasteiger partial charge on any atom is -0.748 e. The molecule has 1 aliphatic rings. The third kappa shape index (κ3) is 7.91. The average Bonchev–Trinajstić information content (AvgIpc) is 3.38. The summed E-state index contributed by atoms with van der Waals surface area (Å²) in [4.78, 5) is 15.8. The zero-order valence-corrected chi connectivity index (χ0v) is 26.0. The Kier molecular flexibility index (Phi) is 9.58. The van der Waals surface area contributed by atoms with Crippen LogP contribution in [0, 0.1) is 0 Å². The van der Waals surface area contributed by atoms with Crippen molar-refractivity contribution >= 4 is 88.6 Å². The van der Waals surface area contributed by atoms with Gasteiger partial charge in [-0.25, -0.2) is 16.8 Å². The molecule has 1 atom stereocenters. The van der Waals surface area contributed by atoms with Crippen LogP contribution in [0.4, 0.5) is 11.4 Å². The van der Waals surface area contributed by atoms with E-state index in [9.17, 15) is 35.8 Å². The Labute approximate surface area is 251 Å². The van der Waals surface area contributed by atoms with Crippen molar-refractivity contribution < 1.29 is 40.4 Å². The van der Waals surface area contributed by atoms with Crippen LogP contribution in [-0.4, -0.2) is 63.1 Å². The molecular weight excluding hydrogens is 634 g/mol. The summed E-state index contributed by atoms with van der Waals surface area (Å²) >= 11 is 9.09. The quantitative estimate of drug-likeness (QED) is 0.207. The van der Waals surface area contributed by atoms with Gasteiger partial charge in [0.1, 0.15) is 4.70 Å². The summed E-state index contributed by atoms with van der Waals surface area (Å²) in [5.41, 5.74) is 2.09. The third-order valence-corrected chi connectivity index (χ3v) is 10.6. The number of carboxylic acids is 1. The molecule has 0 saturated carbocycles. The van der Waals surface area contributed by atoms with E-state index in [1.165, 1.54) is 30.0 Å². The van der Waals surface area contributed by atoms with Crippen LogP contribution in [-0.2, 0) is 31.6 Å². The number of carbonyl (C=O) groups excluding carboxylic acids is 1. The standard InChI is InChI=1S/C25H28ClN3O8S4/c1-16(25(30)31)27(2)18-6-8-22-20(14-18)29(10-4-12-41(35,36)37)24(39-22)15-23-28(9-3-11-40(32,33)34)19-13-17(26)5-7-21(19)38-23/h5-8,13-16H,3-4,9-12H2,1-2H3,(H2-,30,31,32,33,34,35,36,37)/p-2. The topological polar surface area (TPSA) is 165 Å². The molecule has 0 saturated heterocycles. The molecule has 0 fully saturated rings. The number of thiazole rings is 1. The molecule has 0 spiro atoms. The van der Waals surface area contributed by atoms with Gasteiger partial charge in [-0.1, -0.05) is 34.7 Å². The van der Waals surface area contributed by atoms with E-state index < -0.39 is 43.8 Å². The number of carbonyl (C=O) groups is 1. The van der Waals surface area contributed by atoms with Crippen LogP contribution >= 0.6 is 34.7 Å². The van der Waals surface area contributed by atoms with Crippen molar-refractivity contribution in [3.8, 4) is 0 Å².